The predicted octanol–water partition coefficient (Wildman–Crippen LogP) is 1.57. The second-order valence-electron chi connectivity index (χ2n) is 4.32. The van der Waals surface area contributed by atoms with Crippen molar-refractivity contribution in [3.63, 3.8) is 0 Å². The zero-order valence-electron chi connectivity index (χ0n) is 10.0. The molecule has 0 aliphatic carbocycles. The third-order valence-electron chi connectivity index (χ3n) is 3.08. The molecule has 0 bridgehead atoms. The Kier molecular flexibility index (Phi) is 5.68. The first-order valence-corrected chi connectivity index (χ1v) is 5.75. The van der Waals surface area contributed by atoms with Crippen molar-refractivity contribution in [2.24, 2.45) is 0 Å². The summed E-state index contributed by atoms with van der Waals surface area (Å²) in [5, 5.41) is 3.35. The van der Waals surface area contributed by atoms with Crippen molar-refractivity contribution in [3.05, 3.63) is 24.2 Å². The van der Waals surface area contributed by atoms with Crippen LogP contribution in [-0.4, -0.2) is 43.4 Å². The van der Waals surface area contributed by atoms with Gasteiger partial charge in [0.15, 0.2) is 5.76 Å². The number of carbonyl (C=O) groups excluding carboxylic acids is 1. The van der Waals surface area contributed by atoms with Crippen molar-refractivity contribution in [2.45, 2.75) is 18.9 Å². The van der Waals surface area contributed by atoms with E-state index >= 15 is 0 Å². The van der Waals surface area contributed by atoms with E-state index in [0.29, 0.717) is 18.3 Å². The molecule has 2 heterocycles. The smallest absolute Gasteiger partial charge is 0.211 e. The van der Waals surface area contributed by atoms with Crippen molar-refractivity contribution in [1.82, 2.24) is 10.2 Å². The van der Waals surface area contributed by atoms with Gasteiger partial charge in [-0.2, -0.15) is 0 Å². The lowest BCUT2D eigenvalue weighted by Crippen LogP contribution is -2.45. The Labute approximate surface area is 108 Å². The van der Waals surface area contributed by atoms with Gasteiger partial charge in [-0.15, -0.1) is 12.4 Å². The molecular weight excluding hydrogens is 240 g/mol. The van der Waals surface area contributed by atoms with Crippen molar-refractivity contribution >= 4 is 18.2 Å². The number of Topliss-reactive ketones (excluding diaryl/α,β-unsaturated/α-hetero) is 1. The molecule has 0 amide bonds. The van der Waals surface area contributed by atoms with Gasteiger partial charge >= 0.3 is 0 Å². The minimum atomic E-state index is 0. The molecule has 1 atom stereocenters. The van der Waals surface area contributed by atoms with E-state index in [0.717, 1.165) is 19.5 Å². The van der Waals surface area contributed by atoms with Gasteiger partial charge in [0.25, 0.3) is 0 Å². The predicted molar refractivity (Wildman–Crippen MR) is 68.8 cm³/mol. The maximum absolute atomic E-state index is 11.8. The molecule has 4 nitrogen and oxygen atoms in total. The molecule has 1 aromatic heterocycles. The molecule has 0 radical (unpaired) electrons. The number of carbonyl (C=O) groups is 1. The largest absolute Gasteiger partial charge is 0.461 e. The molecule has 0 aromatic carbocycles. The van der Waals surface area contributed by atoms with Crippen LogP contribution in [0.2, 0.25) is 0 Å². The fourth-order valence-corrected chi connectivity index (χ4v) is 2.08. The highest BCUT2D eigenvalue weighted by molar-refractivity contribution is 5.94. The highest BCUT2D eigenvalue weighted by Crippen LogP contribution is 2.10. The monoisotopic (exact) mass is 258 g/mol. The quantitative estimate of drug-likeness (QED) is 0.833. The van der Waals surface area contributed by atoms with Gasteiger partial charge in [0.1, 0.15) is 0 Å². The molecule has 2 rings (SSSR count). The van der Waals surface area contributed by atoms with Gasteiger partial charge in [-0.05, 0) is 38.6 Å². The Morgan fingerprint density at radius 3 is 3.06 bits per heavy atom. The summed E-state index contributed by atoms with van der Waals surface area (Å²) in [5.74, 6) is 0.508. The Hall–Kier alpha value is -0.840. The molecule has 1 fully saturated rings. The second-order valence-corrected chi connectivity index (χ2v) is 4.32. The SMILES string of the molecule is CN(CC(=O)c1ccco1)[C@H]1CCCNC1.Cl. The topological polar surface area (TPSA) is 45.5 Å². The lowest BCUT2D eigenvalue weighted by Gasteiger charge is -2.30. The van der Waals surface area contributed by atoms with E-state index in [-0.39, 0.29) is 18.2 Å². The number of hydrogen-bond acceptors (Lipinski definition) is 4. The van der Waals surface area contributed by atoms with E-state index in [2.05, 4.69) is 10.2 Å². The van der Waals surface area contributed by atoms with Gasteiger partial charge in [-0.3, -0.25) is 9.69 Å². The van der Waals surface area contributed by atoms with Crippen molar-refractivity contribution in [1.29, 1.82) is 0 Å². The van der Waals surface area contributed by atoms with Gasteiger partial charge < -0.3 is 9.73 Å². The molecule has 0 saturated carbocycles. The minimum absolute atomic E-state index is 0. The zero-order chi connectivity index (χ0) is 11.4. The van der Waals surface area contributed by atoms with E-state index in [1.807, 2.05) is 7.05 Å². The maximum atomic E-state index is 11.8. The van der Waals surface area contributed by atoms with E-state index in [9.17, 15) is 4.79 Å². The van der Waals surface area contributed by atoms with Crippen LogP contribution in [0.25, 0.3) is 0 Å². The van der Waals surface area contributed by atoms with Crippen molar-refractivity contribution < 1.29 is 9.21 Å². The minimum Gasteiger partial charge on any atom is -0.461 e. The van der Waals surface area contributed by atoms with Crippen LogP contribution in [-0.2, 0) is 0 Å². The number of nitrogens with zero attached hydrogens (tertiary/aromatic N) is 1. The van der Waals surface area contributed by atoms with Crippen LogP contribution in [0.5, 0.6) is 0 Å². The Balaban J connectivity index is 0.00000144. The second kappa shape index (κ2) is 6.79. The summed E-state index contributed by atoms with van der Waals surface area (Å²) >= 11 is 0. The lowest BCUT2D eigenvalue weighted by molar-refractivity contribution is 0.0879. The summed E-state index contributed by atoms with van der Waals surface area (Å²) in [4.78, 5) is 13.9. The fraction of sp³-hybridized carbons (Fsp3) is 0.583. The summed E-state index contributed by atoms with van der Waals surface area (Å²) in [5.41, 5.74) is 0. The summed E-state index contributed by atoms with van der Waals surface area (Å²) < 4.78 is 5.09. The Morgan fingerprint density at radius 2 is 2.47 bits per heavy atom. The van der Waals surface area contributed by atoms with Gasteiger partial charge in [-0.1, -0.05) is 0 Å². The fourth-order valence-electron chi connectivity index (χ4n) is 2.08. The number of likely N-dealkylation sites (N-methyl/N-ethyl adjacent to an activating group) is 1. The van der Waals surface area contributed by atoms with E-state index < -0.39 is 0 Å². The summed E-state index contributed by atoms with van der Waals surface area (Å²) in [6, 6.07) is 3.93. The molecule has 1 N–H and O–H groups in total. The van der Waals surface area contributed by atoms with Crippen LogP contribution in [0.3, 0.4) is 0 Å². The molecule has 0 unspecified atom stereocenters. The first-order valence-electron chi connectivity index (χ1n) is 5.75. The van der Waals surface area contributed by atoms with Crippen LogP contribution in [0, 0.1) is 0 Å². The highest BCUT2D eigenvalue weighted by Gasteiger charge is 2.20. The maximum Gasteiger partial charge on any atom is 0.211 e. The van der Waals surface area contributed by atoms with Crippen LogP contribution >= 0.6 is 12.4 Å². The first-order chi connectivity index (χ1) is 7.77. The van der Waals surface area contributed by atoms with Gasteiger partial charge in [0.05, 0.1) is 12.8 Å². The molecule has 5 heteroatoms. The average Bonchev–Trinajstić information content (AvgIpc) is 2.83. The molecule has 1 saturated heterocycles. The van der Waals surface area contributed by atoms with Crippen molar-refractivity contribution in [2.75, 3.05) is 26.7 Å². The summed E-state index contributed by atoms with van der Waals surface area (Å²) in [6.07, 6.45) is 3.88. The Bertz CT molecular complexity index is 334. The van der Waals surface area contributed by atoms with Crippen LogP contribution < -0.4 is 5.32 Å². The first kappa shape index (κ1) is 14.2. The van der Waals surface area contributed by atoms with Crippen LogP contribution in [0.15, 0.2) is 22.8 Å². The van der Waals surface area contributed by atoms with Crippen molar-refractivity contribution in [3.8, 4) is 0 Å². The Morgan fingerprint density at radius 1 is 1.65 bits per heavy atom. The van der Waals surface area contributed by atoms with E-state index in [1.54, 1.807) is 12.1 Å². The standard InChI is InChI=1S/C12H18N2O2.ClH/c1-14(10-4-2-6-13-8-10)9-11(15)12-5-3-7-16-12;/h3,5,7,10,13H,2,4,6,8-9H2,1H3;1H/t10-;/m0./s1. The normalized spacial score (nSPS) is 20.0. The third-order valence-corrected chi connectivity index (χ3v) is 3.08. The summed E-state index contributed by atoms with van der Waals surface area (Å²) in [6.45, 7) is 2.50. The highest BCUT2D eigenvalue weighted by atomic mass is 35.5. The van der Waals surface area contributed by atoms with Gasteiger partial charge in [-0.25, -0.2) is 0 Å². The number of piperidine rings is 1. The molecule has 0 spiro atoms. The number of furan rings is 1. The molecular formula is C12H19ClN2O2. The lowest BCUT2D eigenvalue weighted by atomic mass is 10.1. The number of rotatable bonds is 4. The molecule has 96 valence electrons. The number of hydrogen-bond donors (Lipinski definition) is 1. The molecule has 1 aliphatic rings. The van der Waals surface area contributed by atoms with E-state index in [4.69, 9.17) is 4.42 Å². The molecule has 1 aliphatic heterocycles. The average molecular weight is 259 g/mol. The number of nitrogens with one attached hydrogen (secondary N) is 1. The number of ketones is 1. The summed E-state index contributed by atoms with van der Waals surface area (Å²) in [7, 11) is 2.00. The van der Waals surface area contributed by atoms with E-state index in [1.165, 1.54) is 12.7 Å². The molecule has 1 aromatic rings. The van der Waals surface area contributed by atoms with Crippen LogP contribution in [0.1, 0.15) is 23.4 Å². The van der Waals surface area contributed by atoms with Gasteiger partial charge in [0, 0.05) is 12.6 Å². The zero-order valence-corrected chi connectivity index (χ0v) is 10.8. The van der Waals surface area contributed by atoms with Gasteiger partial charge in [0.2, 0.25) is 5.78 Å². The number of halogens is 1. The third kappa shape index (κ3) is 3.84. The van der Waals surface area contributed by atoms with Crippen LogP contribution in [0.4, 0.5) is 0 Å². The molecule has 17 heavy (non-hydrogen) atoms.